The SMILES string of the molecule is CN=C(NCCNS(=O)(=O)c1ccn(C)c1)NCc1ccc(C)cc1OC. The summed E-state index contributed by atoms with van der Waals surface area (Å²) in [5.74, 6) is 1.39. The number of aliphatic imine (C=N–C) groups is 1. The molecule has 0 spiro atoms. The molecule has 0 saturated heterocycles. The number of ether oxygens (including phenoxy) is 1. The molecule has 0 saturated carbocycles. The molecule has 2 rings (SSSR count). The number of nitrogens with one attached hydrogen (secondary N) is 3. The Balaban J connectivity index is 1.81. The van der Waals surface area contributed by atoms with Crippen molar-refractivity contribution in [2.24, 2.45) is 12.0 Å². The van der Waals surface area contributed by atoms with Crippen LogP contribution < -0.4 is 20.1 Å². The van der Waals surface area contributed by atoms with Crippen LogP contribution in [0.3, 0.4) is 0 Å². The first kappa shape index (κ1) is 20.8. The van der Waals surface area contributed by atoms with Gasteiger partial charge in [0.2, 0.25) is 10.0 Å². The van der Waals surface area contributed by atoms with E-state index in [1.54, 1.807) is 44.2 Å². The highest BCUT2D eigenvalue weighted by molar-refractivity contribution is 7.89. The van der Waals surface area contributed by atoms with Gasteiger partial charge in [0.05, 0.1) is 12.0 Å². The van der Waals surface area contributed by atoms with E-state index in [4.69, 9.17) is 4.74 Å². The summed E-state index contributed by atoms with van der Waals surface area (Å²) in [7, 11) is 1.58. The fourth-order valence-corrected chi connectivity index (χ4v) is 3.57. The molecule has 0 aliphatic rings. The van der Waals surface area contributed by atoms with Crippen LogP contribution in [0.15, 0.2) is 46.5 Å². The monoisotopic (exact) mass is 393 g/mol. The largest absolute Gasteiger partial charge is 0.496 e. The minimum absolute atomic E-state index is 0.242. The van der Waals surface area contributed by atoms with E-state index in [1.807, 2.05) is 25.1 Å². The van der Waals surface area contributed by atoms with E-state index in [0.717, 1.165) is 16.9 Å². The zero-order chi connectivity index (χ0) is 19.9. The second-order valence-electron chi connectivity index (χ2n) is 6.08. The summed E-state index contributed by atoms with van der Waals surface area (Å²) >= 11 is 0. The summed E-state index contributed by atoms with van der Waals surface area (Å²) < 4.78 is 34.0. The number of guanidine groups is 1. The van der Waals surface area contributed by atoms with Crippen molar-refractivity contribution in [3.05, 3.63) is 47.8 Å². The van der Waals surface area contributed by atoms with Gasteiger partial charge in [0.25, 0.3) is 0 Å². The first-order chi connectivity index (χ1) is 12.9. The van der Waals surface area contributed by atoms with Gasteiger partial charge in [-0.25, -0.2) is 13.1 Å². The van der Waals surface area contributed by atoms with Gasteiger partial charge in [-0.15, -0.1) is 0 Å². The zero-order valence-electron chi connectivity index (χ0n) is 16.1. The lowest BCUT2D eigenvalue weighted by molar-refractivity contribution is 0.408. The van der Waals surface area contributed by atoms with Gasteiger partial charge in [-0.05, 0) is 24.6 Å². The molecule has 1 aromatic heterocycles. The highest BCUT2D eigenvalue weighted by Gasteiger charge is 2.14. The second kappa shape index (κ2) is 9.43. The lowest BCUT2D eigenvalue weighted by atomic mass is 10.1. The number of methoxy groups -OCH3 is 1. The first-order valence-electron chi connectivity index (χ1n) is 8.55. The molecule has 2 aromatic rings. The van der Waals surface area contributed by atoms with Gasteiger partial charge >= 0.3 is 0 Å². The number of aryl methyl sites for hydroxylation is 2. The Hall–Kier alpha value is -2.52. The minimum atomic E-state index is -3.50. The molecule has 27 heavy (non-hydrogen) atoms. The Morgan fingerprint density at radius 2 is 2.00 bits per heavy atom. The van der Waals surface area contributed by atoms with Crippen molar-refractivity contribution < 1.29 is 13.2 Å². The van der Waals surface area contributed by atoms with Gasteiger partial charge in [-0.3, -0.25) is 4.99 Å². The summed E-state index contributed by atoms with van der Waals surface area (Å²) in [6, 6.07) is 7.56. The average Bonchev–Trinajstić information content (AvgIpc) is 3.09. The molecule has 148 valence electrons. The number of nitrogens with zero attached hydrogens (tertiary/aromatic N) is 2. The summed E-state index contributed by atoms with van der Waals surface area (Å²) in [5.41, 5.74) is 2.14. The van der Waals surface area contributed by atoms with Gasteiger partial charge in [0.15, 0.2) is 5.96 Å². The molecular formula is C18H27N5O3S. The maximum atomic E-state index is 12.2. The predicted octanol–water partition coefficient (Wildman–Crippen LogP) is 0.986. The van der Waals surface area contributed by atoms with Gasteiger partial charge < -0.3 is 19.9 Å². The molecule has 0 unspecified atom stereocenters. The van der Waals surface area contributed by atoms with Crippen molar-refractivity contribution in [3.8, 4) is 5.75 Å². The summed E-state index contributed by atoms with van der Waals surface area (Å²) in [4.78, 5) is 4.39. The molecule has 0 atom stereocenters. The Kier molecular flexibility index (Phi) is 7.26. The molecule has 0 aliphatic heterocycles. The van der Waals surface area contributed by atoms with Crippen molar-refractivity contribution in [2.45, 2.75) is 18.4 Å². The number of sulfonamides is 1. The van der Waals surface area contributed by atoms with Crippen LogP contribution in [0.1, 0.15) is 11.1 Å². The van der Waals surface area contributed by atoms with Crippen molar-refractivity contribution in [3.63, 3.8) is 0 Å². The molecule has 0 bridgehead atoms. The molecule has 1 aromatic carbocycles. The first-order valence-corrected chi connectivity index (χ1v) is 10.0. The number of aromatic nitrogens is 1. The molecule has 9 heteroatoms. The average molecular weight is 394 g/mol. The van der Waals surface area contributed by atoms with Crippen LogP contribution in [0, 0.1) is 6.92 Å². The standard InChI is InChI=1S/C18H27N5O3S/c1-14-5-6-15(17(11-14)26-4)12-21-18(19-2)20-8-9-22-27(24,25)16-7-10-23(3)13-16/h5-7,10-11,13,22H,8-9,12H2,1-4H3,(H2,19,20,21). The molecule has 3 N–H and O–H groups in total. The molecular weight excluding hydrogens is 366 g/mol. The van der Waals surface area contributed by atoms with Crippen molar-refractivity contribution in [1.82, 2.24) is 19.9 Å². The van der Waals surface area contributed by atoms with E-state index >= 15 is 0 Å². The summed E-state index contributed by atoms with van der Waals surface area (Å²) in [6.45, 7) is 3.19. The number of benzene rings is 1. The van der Waals surface area contributed by atoms with E-state index in [2.05, 4.69) is 20.3 Å². The molecule has 0 fully saturated rings. The van der Waals surface area contributed by atoms with E-state index in [-0.39, 0.29) is 11.4 Å². The fraction of sp³-hybridized carbons (Fsp3) is 0.389. The Labute approximate surface area is 160 Å². The van der Waals surface area contributed by atoms with Gasteiger partial charge in [0, 0.05) is 51.7 Å². The van der Waals surface area contributed by atoms with E-state index in [0.29, 0.717) is 19.0 Å². The third-order valence-corrected chi connectivity index (χ3v) is 5.38. The Bertz CT molecular complexity index is 890. The van der Waals surface area contributed by atoms with Crippen molar-refractivity contribution >= 4 is 16.0 Å². The maximum absolute atomic E-state index is 12.2. The number of hydrogen-bond acceptors (Lipinski definition) is 4. The van der Waals surface area contributed by atoms with Crippen molar-refractivity contribution in [1.29, 1.82) is 0 Å². The van der Waals surface area contributed by atoms with Crippen LogP contribution in [0.5, 0.6) is 5.75 Å². The molecule has 1 heterocycles. The van der Waals surface area contributed by atoms with Crippen molar-refractivity contribution in [2.75, 3.05) is 27.2 Å². The van der Waals surface area contributed by atoms with Crippen LogP contribution in [0.2, 0.25) is 0 Å². The Morgan fingerprint density at radius 1 is 1.22 bits per heavy atom. The van der Waals surface area contributed by atoms with E-state index < -0.39 is 10.0 Å². The Morgan fingerprint density at radius 3 is 2.63 bits per heavy atom. The van der Waals surface area contributed by atoms with Crippen LogP contribution >= 0.6 is 0 Å². The maximum Gasteiger partial charge on any atom is 0.242 e. The minimum Gasteiger partial charge on any atom is -0.496 e. The zero-order valence-corrected chi connectivity index (χ0v) is 16.9. The normalized spacial score (nSPS) is 12.1. The van der Waals surface area contributed by atoms with Gasteiger partial charge in [0.1, 0.15) is 5.75 Å². The predicted molar refractivity (Wildman–Crippen MR) is 107 cm³/mol. The van der Waals surface area contributed by atoms with E-state index in [9.17, 15) is 8.42 Å². The van der Waals surface area contributed by atoms with Crippen LogP contribution in [0.4, 0.5) is 0 Å². The lowest BCUT2D eigenvalue weighted by Gasteiger charge is -2.14. The molecule has 0 aliphatic carbocycles. The highest BCUT2D eigenvalue weighted by Crippen LogP contribution is 2.19. The summed E-state index contributed by atoms with van der Waals surface area (Å²) in [5, 5.41) is 6.27. The van der Waals surface area contributed by atoms with Crippen LogP contribution in [0.25, 0.3) is 0 Å². The number of rotatable bonds is 8. The third kappa shape index (κ3) is 6.00. The number of hydrogen-bond donors (Lipinski definition) is 3. The molecule has 0 amide bonds. The summed E-state index contributed by atoms with van der Waals surface area (Å²) in [6.07, 6.45) is 3.25. The smallest absolute Gasteiger partial charge is 0.242 e. The van der Waals surface area contributed by atoms with Crippen LogP contribution in [-0.4, -0.2) is 46.2 Å². The highest BCUT2D eigenvalue weighted by atomic mass is 32.2. The quantitative estimate of drug-likeness (QED) is 0.353. The topological polar surface area (TPSA) is 96.8 Å². The molecule has 8 nitrogen and oxygen atoms in total. The van der Waals surface area contributed by atoms with E-state index in [1.165, 1.54) is 0 Å². The van der Waals surface area contributed by atoms with Crippen LogP contribution in [-0.2, 0) is 23.6 Å². The third-order valence-electron chi connectivity index (χ3n) is 3.94. The fourth-order valence-electron chi connectivity index (χ4n) is 2.48. The lowest BCUT2D eigenvalue weighted by Crippen LogP contribution is -2.41. The molecule has 0 radical (unpaired) electrons. The second-order valence-corrected chi connectivity index (χ2v) is 7.85. The van der Waals surface area contributed by atoms with Gasteiger partial charge in [-0.1, -0.05) is 12.1 Å². The van der Waals surface area contributed by atoms with Gasteiger partial charge in [-0.2, -0.15) is 0 Å².